The minimum Gasteiger partial charge on any atom is -0.371 e. The van der Waals surface area contributed by atoms with Gasteiger partial charge in [-0.25, -0.2) is 4.39 Å². The third-order valence-corrected chi connectivity index (χ3v) is 4.59. The Kier molecular flexibility index (Phi) is 3.25. The van der Waals surface area contributed by atoms with E-state index >= 15 is 0 Å². The topological polar surface area (TPSA) is 20.3 Å². The summed E-state index contributed by atoms with van der Waals surface area (Å²) in [6.07, 6.45) is 0.266. The number of hydrogen-bond acceptors (Lipinski definition) is 2. The molecule has 0 aromatic heterocycles. The molecule has 0 bridgehead atoms. The number of nitrogens with zero attached hydrogens (tertiary/aromatic N) is 1. The van der Waals surface area contributed by atoms with Crippen LogP contribution in [0.4, 0.5) is 10.1 Å². The Morgan fingerprint density at radius 2 is 2.05 bits per heavy atom. The molecule has 1 aliphatic rings. The van der Waals surface area contributed by atoms with E-state index in [2.05, 4.69) is 32.7 Å². The number of carbonyl (C=O) groups excluding carboxylic acids is 1. The highest BCUT2D eigenvalue weighted by molar-refractivity contribution is 5.85. The van der Waals surface area contributed by atoms with Gasteiger partial charge >= 0.3 is 0 Å². The minimum absolute atomic E-state index is 0.0119. The minimum atomic E-state index is -0.697. The highest BCUT2D eigenvalue weighted by Gasteiger charge is 2.40. The second kappa shape index (κ2) is 4.48. The summed E-state index contributed by atoms with van der Waals surface area (Å²) in [5, 5.41) is 0. The van der Waals surface area contributed by atoms with Crippen LogP contribution in [0.2, 0.25) is 0 Å². The first-order valence-electron chi connectivity index (χ1n) is 6.50. The van der Waals surface area contributed by atoms with Crippen LogP contribution in [0.5, 0.6) is 0 Å². The van der Waals surface area contributed by atoms with Gasteiger partial charge in [0.05, 0.1) is 0 Å². The van der Waals surface area contributed by atoms with Gasteiger partial charge < -0.3 is 4.90 Å². The number of allylic oxidation sites excluding steroid dienone is 2. The van der Waals surface area contributed by atoms with Crippen molar-refractivity contribution in [1.29, 1.82) is 0 Å². The molecule has 1 aliphatic heterocycles. The summed E-state index contributed by atoms with van der Waals surface area (Å²) in [5.41, 5.74) is 3.58. The zero-order chi connectivity index (χ0) is 14.4. The molecule has 1 heterocycles. The Bertz CT molecular complexity index is 560. The van der Waals surface area contributed by atoms with Crippen LogP contribution < -0.4 is 4.90 Å². The molecule has 2 nitrogen and oxygen atoms in total. The van der Waals surface area contributed by atoms with Gasteiger partial charge in [0, 0.05) is 24.2 Å². The van der Waals surface area contributed by atoms with Gasteiger partial charge in [0.15, 0.2) is 12.1 Å². The van der Waals surface area contributed by atoms with Crippen molar-refractivity contribution in [2.45, 2.75) is 39.2 Å². The van der Waals surface area contributed by atoms with E-state index in [1.54, 1.807) is 6.92 Å². The first kappa shape index (κ1) is 13.8. The van der Waals surface area contributed by atoms with E-state index in [0.717, 1.165) is 5.56 Å². The number of aldehydes is 1. The van der Waals surface area contributed by atoms with E-state index in [0.29, 0.717) is 11.6 Å². The number of benzene rings is 1. The zero-order valence-corrected chi connectivity index (χ0v) is 12.1. The average Bonchev–Trinajstić information content (AvgIpc) is 2.58. The molecule has 19 heavy (non-hydrogen) atoms. The Labute approximate surface area is 113 Å². The fraction of sp³-hybridized carbons (Fsp3) is 0.438. The highest BCUT2D eigenvalue weighted by atomic mass is 19.1. The maximum atomic E-state index is 13.4. The molecule has 3 heteroatoms. The first-order chi connectivity index (χ1) is 8.80. The van der Waals surface area contributed by atoms with Crippen molar-refractivity contribution < 1.29 is 9.18 Å². The van der Waals surface area contributed by atoms with Crippen LogP contribution in [0.3, 0.4) is 0 Å². The van der Waals surface area contributed by atoms with Gasteiger partial charge in [-0.3, -0.25) is 4.79 Å². The summed E-state index contributed by atoms with van der Waals surface area (Å²) in [4.78, 5) is 12.8. The molecule has 1 aromatic carbocycles. The van der Waals surface area contributed by atoms with Crippen molar-refractivity contribution in [2.24, 2.45) is 0 Å². The van der Waals surface area contributed by atoms with Crippen LogP contribution in [-0.2, 0) is 10.2 Å². The molecule has 1 aromatic rings. The van der Waals surface area contributed by atoms with Crippen molar-refractivity contribution in [1.82, 2.24) is 0 Å². The Morgan fingerprint density at radius 3 is 2.63 bits per heavy atom. The Hall–Kier alpha value is -1.64. The summed E-state index contributed by atoms with van der Waals surface area (Å²) in [5.74, 6) is -0.697. The number of carbonyl (C=O) groups is 1. The van der Waals surface area contributed by atoms with Gasteiger partial charge in [-0.15, -0.1) is 0 Å². The number of halogens is 1. The quantitative estimate of drug-likeness (QED) is 0.597. The molecular weight excluding hydrogens is 241 g/mol. The monoisotopic (exact) mass is 261 g/mol. The van der Waals surface area contributed by atoms with Gasteiger partial charge in [-0.1, -0.05) is 19.9 Å². The maximum Gasteiger partial charge on any atom is 0.178 e. The lowest BCUT2D eigenvalue weighted by Gasteiger charge is -2.28. The third kappa shape index (κ3) is 1.97. The summed E-state index contributed by atoms with van der Waals surface area (Å²) in [6, 6.07) is 6.28. The van der Waals surface area contributed by atoms with E-state index in [4.69, 9.17) is 0 Å². The van der Waals surface area contributed by atoms with Gasteiger partial charge in [-0.2, -0.15) is 0 Å². The van der Waals surface area contributed by atoms with E-state index in [9.17, 15) is 9.18 Å². The smallest absolute Gasteiger partial charge is 0.178 e. The molecule has 0 saturated heterocycles. The van der Waals surface area contributed by atoms with Gasteiger partial charge in [0.2, 0.25) is 0 Å². The molecule has 102 valence electrons. The molecule has 0 saturated carbocycles. The second-order valence-corrected chi connectivity index (χ2v) is 5.83. The normalized spacial score (nSPS) is 22.0. The van der Waals surface area contributed by atoms with Crippen molar-refractivity contribution in [2.75, 3.05) is 11.9 Å². The summed E-state index contributed by atoms with van der Waals surface area (Å²) in [7, 11) is 2.08. The van der Waals surface area contributed by atoms with Crippen LogP contribution >= 0.6 is 0 Å². The van der Waals surface area contributed by atoms with Crippen molar-refractivity contribution >= 4 is 17.5 Å². The molecule has 0 fully saturated rings. The molecule has 0 aliphatic carbocycles. The molecular formula is C16H20FNO. The van der Waals surface area contributed by atoms with Crippen LogP contribution in [-0.4, -0.2) is 19.4 Å². The van der Waals surface area contributed by atoms with Crippen molar-refractivity contribution in [3.05, 3.63) is 35.2 Å². The van der Waals surface area contributed by atoms with E-state index in [1.807, 2.05) is 18.2 Å². The third-order valence-electron chi connectivity index (χ3n) is 4.59. The zero-order valence-electron chi connectivity index (χ0n) is 12.1. The highest BCUT2D eigenvalue weighted by Crippen LogP contribution is 2.45. The molecule has 0 radical (unpaired) electrons. The predicted molar refractivity (Wildman–Crippen MR) is 77.1 cm³/mol. The molecule has 1 atom stereocenters. The van der Waals surface area contributed by atoms with Crippen LogP contribution in [0.15, 0.2) is 24.0 Å². The van der Waals surface area contributed by atoms with Crippen molar-refractivity contribution in [3.63, 3.8) is 0 Å². The van der Waals surface area contributed by atoms with Crippen LogP contribution in [0, 0.1) is 0 Å². The van der Waals surface area contributed by atoms with Gasteiger partial charge in [0.25, 0.3) is 0 Å². The fourth-order valence-electron chi connectivity index (χ4n) is 2.74. The van der Waals surface area contributed by atoms with Gasteiger partial charge in [0.1, 0.15) is 0 Å². The van der Waals surface area contributed by atoms with Crippen molar-refractivity contribution in [3.8, 4) is 0 Å². The Balaban J connectivity index is 2.59. The maximum absolute atomic E-state index is 13.4. The molecule has 0 amide bonds. The largest absolute Gasteiger partial charge is 0.371 e. The molecule has 2 rings (SSSR count). The lowest BCUT2D eigenvalue weighted by Crippen LogP contribution is -2.36. The van der Waals surface area contributed by atoms with E-state index in [1.165, 1.54) is 11.3 Å². The lowest BCUT2D eigenvalue weighted by molar-refractivity contribution is -0.106. The summed E-state index contributed by atoms with van der Waals surface area (Å²) >= 11 is 0. The van der Waals surface area contributed by atoms with E-state index < -0.39 is 5.83 Å². The molecule has 0 spiro atoms. The lowest BCUT2D eigenvalue weighted by atomic mass is 9.80. The number of fused-ring (bicyclic) bond motifs is 1. The number of anilines is 1. The molecule has 1 unspecified atom stereocenters. The summed E-state index contributed by atoms with van der Waals surface area (Å²) < 4.78 is 13.4. The fourth-order valence-corrected chi connectivity index (χ4v) is 2.74. The standard InChI is InChI=1S/C16H20FNO/c1-10(14(17)9-19)12-6-7-15-13(8-12)16(3,4)11(2)18(15)5/h6-9,11H,1-5H3. The number of hydrogen-bond donors (Lipinski definition) is 0. The Morgan fingerprint density at radius 1 is 1.42 bits per heavy atom. The summed E-state index contributed by atoms with van der Waals surface area (Å²) in [6.45, 7) is 8.22. The number of rotatable bonds is 2. The first-order valence-corrected chi connectivity index (χ1v) is 6.50. The average molecular weight is 261 g/mol. The van der Waals surface area contributed by atoms with E-state index in [-0.39, 0.29) is 11.7 Å². The second-order valence-electron chi connectivity index (χ2n) is 5.83. The molecule has 0 N–H and O–H groups in total. The predicted octanol–water partition coefficient (Wildman–Crippen LogP) is 3.70. The van der Waals surface area contributed by atoms with Crippen LogP contribution in [0.1, 0.15) is 38.8 Å². The number of likely N-dealkylation sites (N-methyl/N-ethyl adjacent to an activating group) is 1. The van der Waals surface area contributed by atoms with Crippen LogP contribution in [0.25, 0.3) is 5.57 Å². The SMILES string of the molecule is CC(=C(F)C=O)c1ccc2c(c1)C(C)(C)C(C)N2C. The van der Waals surface area contributed by atoms with Gasteiger partial charge in [-0.05, 0) is 42.7 Å².